The maximum Gasteiger partial charge on any atom is 0.261 e. The highest BCUT2D eigenvalue weighted by atomic mass is 16.1. The zero-order valence-electron chi connectivity index (χ0n) is 15.7. The van der Waals surface area contributed by atoms with Gasteiger partial charge in [0, 0.05) is 13.1 Å². The van der Waals surface area contributed by atoms with Gasteiger partial charge in [0.2, 0.25) is 0 Å². The van der Waals surface area contributed by atoms with Crippen LogP contribution >= 0.6 is 0 Å². The molecular weight excluding hydrogens is 324 g/mol. The van der Waals surface area contributed by atoms with Crippen LogP contribution < -0.4 is 5.56 Å². The van der Waals surface area contributed by atoms with Crippen molar-refractivity contribution in [2.75, 3.05) is 32.7 Å². The van der Waals surface area contributed by atoms with Crippen LogP contribution in [0.15, 0.2) is 29.1 Å². The fourth-order valence-electron chi connectivity index (χ4n) is 4.31. The van der Waals surface area contributed by atoms with Crippen LogP contribution in [-0.2, 0) is 13.1 Å². The minimum atomic E-state index is 0.125. The van der Waals surface area contributed by atoms with E-state index in [0.717, 1.165) is 62.5 Å². The number of benzene rings is 1. The van der Waals surface area contributed by atoms with Crippen molar-refractivity contribution in [3.8, 4) is 0 Å². The Hall–Kier alpha value is -1.72. The average molecular weight is 354 g/mol. The predicted molar refractivity (Wildman–Crippen MR) is 105 cm³/mol. The molecule has 0 radical (unpaired) electrons. The first kappa shape index (κ1) is 17.7. The molecule has 0 atom stereocenters. The van der Waals surface area contributed by atoms with E-state index in [1.165, 1.54) is 38.5 Å². The number of piperidine rings is 2. The lowest BCUT2D eigenvalue weighted by atomic mass is 10.1. The molecule has 5 heteroatoms. The van der Waals surface area contributed by atoms with E-state index in [9.17, 15) is 4.79 Å². The first-order chi connectivity index (χ1) is 12.8. The van der Waals surface area contributed by atoms with Crippen LogP contribution in [0, 0.1) is 0 Å². The SMILES string of the molecule is O=c1c2ccccc2nc(CN2CCCCC2)n1CCN1CCCCC1. The summed E-state index contributed by atoms with van der Waals surface area (Å²) in [5.41, 5.74) is 0.957. The van der Waals surface area contributed by atoms with Crippen molar-refractivity contribution >= 4 is 10.9 Å². The van der Waals surface area contributed by atoms with Gasteiger partial charge >= 0.3 is 0 Å². The van der Waals surface area contributed by atoms with Crippen molar-refractivity contribution in [3.63, 3.8) is 0 Å². The van der Waals surface area contributed by atoms with Gasteiger partial charge in [-0.3, -0.25) is 14.3 Å². The first-order valence-electron chi connectivity index (χ1n) is 10.2. The van der Waals surface area contributed by atoms with Crippen molar-refractivity contribution < 1.29 is 0 Å². The number of nitrogens with zero attached hydrogens (tertiary/aromatic N) is 4. The number of fused-ring (bicyclic) bond motifs is 1. The van der Waals surface area contributed by atoms with E-state index in [1.54, 1.807) is 0 Å². The van der Waals surface area contributed by atoms with Crippen LogP contribution in [0.2, 0.25) is 0 Å². The van der Waals surface area contributed by atoms with E-state index in [2.05, 4.69) is 9.80 Å². The van der Waals surface area contributed by atoms with Gasteiger partial charge < -0.3 is 4.90 Å². The highest BCUT2D eigenvalue weighted by Crippen LogP contribution is 2.15. The average Bonchev–Trinajstić information content (AvgIpc) is 2.69. The molecule has 2 aliphatic heterocycles. The molecule has 4 rings (SSSR count). The molecule has 0 amide bonds. The quantitative estimate of drug-likeness (QED) is 0.828. The topological polar surface area (TPSA) is 41.4 Å². The Balaban J connectivity index is 1.61. The molecule has 0 spiro atoms. The van der Waals surface area contributed by atoms with Crippen LogP contribution in [0.4, 0.5) is 0 Å². The monoisotopic (exact) mass is 354 g/mol. The molecule has 0 aliphatic carbocycles. The van der Waals surface area contributed by atoms with E-state index in [4.69, 9.17) is 4.98 Å². The molecule has 2 aromatic rings. The third-order valence-corrected chi connectivity index (χ3v) is 5.84. The Morgan fingerprint density at radius 3 is 2.19 bits per heavy atom. The second kappa shape index (κ2) is 8.31. The van der Waals surface area contributed by atoms with E-state index in [1.807, 2.05) is 28.8 Å². The zero-order valence-corrected chi connectivity index (χ0v) is 15.7. The Morgan fingerprint density at radius 1 is 0.808 bits per heavy atom. The summed E-state index contributed by atoms with van der Waals surface area (Å²) in [6, 6.07) is 7.78. The van der Waals surface area contributed by atoms with E-state index in [0.29, 0.717) is 0 Å². The van der Waals surface area contributed by atoms with Crippen LogP contribution in [0.25, 0.3) is 10.9 Å². The van der Waals surface area contributed by atoms with E-state index in [-0.39, 0.29) is 5.56 Å². The van der Waals surface area contributed by atoms with Crippen LogP contribution in [0.3, 0.4) is 0 Å². The second-order valence-electron chi connectivity index (χ2n) is 7.74. The Morgan fingerprint density at radius 2 is 1.46 bits per heavy atom. The number of hydrogen-bond acceptors (Lipinski definition) is 4. The summed E-state index contributed by atoms with van der Waals surface area (Å²) in [7, 11) is 0. The largest absolute Gasteiger partial charge is 0.302 e. The molecule has 0 saturated carbocycles. The van der Waals surface area contributed by atoms with Crippen molar-refractivity contribution in [2.24, 2.45) is 0 Å². The minimum absolute atomic E-state index is 0.125. The highest BCUT2D eigenvalue weighted by Gasteiger charge is 2.17. The maximum atomic E-state index is 13.1. The Kier molecular flexibility index (Phi) is 5.65. The molecule has 1 aromatic heterocycles. The van der Waals surface area contributed by atoms with E-state index >= 15 is 0 Å². The fraction of sp³-hybridized carbons (Fsp3) is 0.619. The first-order valence-corrected chi connectivity index (χ1v) is 10.2. The molecule has 0 bridgehead atoms. The molecule has 140 valence electrons. The molecule has 5 nitrogen and oxygen atoms in total. The van der Waals surface area contributed by atoms with Gasteiger partial charge in [0.05, 0.1) is 17.4 Å². The van der Waals surface area contributed by atoms with Crippen molar-refractivity contribution in [3.05, 3.63) is 40.4 Å². The highest BCUT2D eigenvalue weighted by molar-refractivity contribution is 5.77. The molecule has 2 saturated heterocycles. The second-order valence-corrected chi connectivity index (χ2v) is 7.74. The number of likely N-dealkylation sites (tertiary alicyclic amines) is 2. The zero-order chi connectivity index (χ0) is 17.8. The van der Waals surface area contributed by atoms with Crippen molar-refractivity contribution in [1.29, 1.82) is 0 Å². The lowest BCUT2D eigenvalue weighted by Crippen LogP contribution is -2.38. The Labute approximate surface area is 155 Å². The number of hydrogen-bond donors (Lipinski definition) is 0. The summed E-state index contributed by atoms with van der Waals surface area (Å²) >= 11 is 0. The van der Waals surface area contributed by atoms with Crippen LogP contribution in [-0.4, -0.2) is 52.1 Å². The van der Waals surface area contributed by atoms with Gasteiger partial charge in [-0.25, -0.2) is 4.98 Å². The van der Waals surface area contributed by atoms with E-state index < -0.39 is 0 Å². The van der Waals surface area contributed by atoms with Crippen LogP contribution in [0.5, 0.6) is 0 Å². The smallest absolute Gasteiger partial charge is 0.261 e. The summed E-state index contributed by atoms with van der Waals surface area (Å²) in [6.45, 7) is 7.06. The minimum Gasteiger partial charge on any atom is -0.302 e. The van der Waals surface area contributed by atoms with Gasteiger partial charge in [0.1, 0.15) is 5.82 Å². The van der Waals surface area contributed by atoms with Gasteiger partial charge in [-0.2, -0.15) is 0 Å². The summed E-state index contributed by atoms with van der Waals surface area (Å²) in [6.07, 6.45) is 7.74. The molecular formula is C21H30N4O. The molecule has 2 fully saturated rings. The Bertz CT molecular complexity index is 788. The summed E-state index contributed by atoms with van der Waals surface area (Å²) in [5.74, 6) is 0.938. The maximum absolute atomic E-state index is 13.1. The van der Waals surface area contributed by atoms with Gasteiger partial charge in [-0.05, 0) is 64.0 Å². The summed E-state index contributed by atoms with van der Waals surface area (Å²) in [4.78, 5) is 23.0. The third kappa shape index (κ3) is 3.99. The van der Waals surface area contributed by atoms with Crippen LogP contribution in [0.1, 0.15) is 44.3 Å². The lowest BCUT2D eigenvalue weighted by molar-refractivity contribution is 0.202. The fourth-order valence-corrected chi connectivity index (χ4v) is 4.31. The lowest BCUT2D eigenvalue weighted by Gasteiger charge is -2.29. The normalized spacial score (nSPS) is 19.8. The molecule has 0 unspecified atom stereocenters. The van der Waals surface area contributed by atoms with Crippen molar-refractivity contribution in [2.45, 2.75) is 51.6 Å². The molecule has 0 N–H and O–H groups in total. The molecule has 1 aromatic carbocycles. The number of para-hydroxylation sites is 1. The standard InChI is InChI=1S/C21H30N4O/c26-21-18-9-3-4-10-19(18)22-20(17-24-13-7-2-8-14-24)25(21)16-15-23-11-5-1-6-12-23/h3-4,9-10H,1-2,5-8,11-17H2. The number of rotatable bonds is 5. The molecule has 2 aliphatic rings. The van der Waals surface area contributed by atoms with Gasteiger partial charge in [-0.15, -0.1) is 0 Å². The molecule has 26 heavy (non-hydrogen) atoms. The predicted octanol–water partition coefficient (Wildman–Crippen LogP) is 2.87. The summed E-state index contributed by atoms with van der Waals surface area (Å²) < 4.78 is 1.95. The molecule has 3 heterocycles. The van der Waals surface area contributed by atoms with Gasteiger partial charge in [-0.1, -0.05) is 25.0 Å². The van der Waals surface area contributed by atoms with Gasteiger partial charge in [0.25, 0.3) is 5.56 Å². The third-order valence-electron chi connectivity index (χ3n) is 5.84. The van der Waals surface area contributed by atoms with Crippen molar-refractivity contribution in [1.82, 2.24) is 19.4 Å². The van der Waals surface area contributed by atoms with Gasteiger partial charge in [0.15, 0.2) is 0 Å². The number of aromatic nitrogens is 2. The summed E-state index contributed by atoms with van der Waals surface area (Å²) in [5, 5.41) is 0.744.